The molecule has 0 saturated heterocycles. The van der Waals surface area contributed by atoms with E-state index in [0.29, 0.717) is 6.04 Å². The molecule has 0 radical (unpaired) electrons. The summed E-state index contributed by atoms with van der Waals surface area (Å²) in [5.41, 5.74) is 0. The van der Waals surface area contributed by atoms with Crippen LogP contribution in [0.3, 0.4) is 0 Å². The zero-order valence-corrected chi connectivity index (χ0v) is 9.27. The molecule has 4 heteroatoms. The minimum atomic E-state index is 0. The summed E-state index contributed by atoms with van der Waals surface area (Å²) in [5, 5.41) is 7.55. The Kier molecular flexibility index (Phi) is 5.55. The first-order valence-electron chi connectivity index (χ1n) is 4.53. The molecule has 0 atom stereocenters. The molecule has 0 aliphatic heterocycles. The first-order chi connectivity index (χ1) is 5.75. The molecular formula is C9H18ClN3. The Labute approximate surface area is 85.9 Å². The average molecular weight is 204 g/mol. The molecule has 0 aliphatic carbocycles. The van der Waals surface area contributed by atoms with Crippen LogP contribution in [0.25, 0.3) is 0 Å². The number of rotatable bonds is 4. The molecule has 1 heterocycles. The molecule has 0 saturated carbocycles. The standard InChI is InChI=1S/C9H17N3.ClH/c1-4-6-10-9-5-7-11-12(9)8(2)3;/h5,7-8,10H,4,6H2,1-3H3;1H. The summed E-state index contributed by atoms with van der Waals surface area (Å²) in [4.78, 5) is 0. The van der Waals surface area contributed by atoms with Crippen LogP contribution >= 0.6 is 12.4 Å². The van der Waals surface area contributed by atoms with E-state index in [1.165, 1.54) is 0 Å². The van der Waals surface area contributed by atoms with E-state index < -0.39 is 0 Å². The van der Waals surface area contributed by atoms with Crippen molar-refractivity contribution in [3.63, 3.8) is 0 Å². The molecule has 76 valence electrons. The van der Waals surface area contributed by atoms with E-state index in [9.17, 15) is 0 Å². The SMILES string of the molecule is CCCNc1ccnn1C(C)C.Cl. The van der Waals surface area contributed by atoms with Gasteiger partial charge in [0.2, 0.25) is 0 Å². The predicted molar refractivity (Wildman–Crippen MR) is 58.6 cm³/mol. The lowest BCUT2D eigenvalue weighted by Crippen LogP contribution is -2.10. The summed E-state index contributed by atoms with van der Waals surface area (Å²) >= 11 is 0. The maximum Gasteiger partial charge on any atom is 0.124 e. The maximum absolute atomic E-state index is 4.22. The zero-order chi connectivity index (χ0) is 8.97. The lowest BCUT2D eigenvalue weighted by atomic mass is 10.4. The first-order valence-corrected chi connectivity index (χ1v) is 4.53. The number of nitrogens with one attached hydrogen (secondary N) is 1. The summed E-state index contributed by atoms with van der Waals surface area (Å²) in [6.07, 6.45) is 2.97. The van der Waals surface area contributed by atoms with Gasteiger partial charge in [0.15, 0.2) is 0 Å². The minimum absolute atomic E-state index is 0. The lowest BCUT2D eigenvalue weighted by molar-refractivity contribution is 0.537. The highest BCUT2D eigenvalue weighted by Crippen LogP contribution is 2.12. The lowest BCUT2D eigenvalue weighted by Gasteiger charge is -2.11. The van der Waals surface area contributed by atoms with Crippen LogP contribution in [0.4, 0.5) is 5.82 Å². The van der Waals surface area contributed by atoms with E-state index >= 15 is 0 Å². The second kappa shape index (κ2) is 5.86. The van der Waals surface area contributed by atoms with Crippen LogP contribution in [0.5, 0.6) is 0 Å². The van der Waals surface area contributed by atoms with Crippen molar-refractivity contribution in [1.82, 2.24) is 9.78 Å². The summed E-state index contributed by atoms with van der Waals surface area (Å²) in [6, 6.07) is 2.44. The third kappa shape index (κ3) is 3.27. The number of hydrogen-bond acceptors (Lipinski definition) is 2. The van der Waals surface area contributed by atoms with Gasteiger partial charge in [-0.2, -0.15) is 5.10 Å². The molecule has 0 unspecified atom stereocenters. The third-order valence-electron chi connectivity index (χ3n) is 1.72. The van der Waals surface area contributed by atoms with Gasteiger partial charge in [0.25, 0.3) is 0 Å². The van der Waals surface area contributed by atoms with Crippen LogP contribution in [0.1, 0.15) is 33.2 Å². The fourth-order valence-electron chi connectivity index (χ4n) is 1.12. The molecule has 0 fully saturated rings. The summed E-state index contributed by atoms with van der Waals surface area (Å²) < 4.78 is 2.00. The van der Waals surface area contributed by atoms with Crippen molar-refractivity contribution in [2.45, 2.75) is 33.2 Å². The second-order valence-corrected chi connectivity index (χ2v) is 3.18. The Morgan fingerprint density at radius 1 is 1.54 bits per heavy atom. The van der Waals surface area contributed by atoms with E-state index in [1.54, 1.807) is 0 Å². The van der Waals surface area contributed by atoms with Gasteiger partial charge in [-0.25, -0.2) is 4.68 Å². The van der Waals surface area contributed by atoms with Gasteiger partial charge in [0, 0.05) is 18.7 Å². The number of anilines is 1. The van der Waals surface area contributed by atoms with Crippen molar-refractivity contribution >= 4 is 18.2 Å². The number of halogens is 1. The Hall–Kier alpha value is -0.700. The molecule has 1 aromatic heterocycles. The normalized spacial score (nSPS) is 9.85. The number of aromatic nitrogens is 2. The minimum Gasteiger partial charge on any atom is -0.370 e. The van der Waals surface area contributed by atoms with Gasteiger partial charge in [0.05, 0.1) is 6.20 Å². The highest BCUT2D eigenvalue weighted by Gasteiger charge is 2.03. The molecule has 0 aliphatic rings. The topological polar surface area (TPSA) is 29.9 Å². The van der Waals surface area contributed by atoms with Crippen LogP contribution in [-0.4, -0.2) is 16.3 Å². The van der Waals surface area contributed by atoms with Crippen molar-refractivity contribution in [2.24, 2.45) is 0 Å². The van der Waals surface area contributed by atoms with E-state index in [4.69, 9.17) is 0 Å². The van der Waals surface area contributed by atoms with Gasteiger partial charge in [0.1, 0.15) is 5.82 Å². The number of nitrogens with zero attached hydrogens (tertiary/aromatic N) is 2. The molecule has 0 bridgehead atoms. The van der Waals surface area contributed by atoms with Gasteiger partial charge in [-0.1, -0.05) is 6.92 Å². The molecule has 0 amide bonds. The van der Waals surface area contributed by atoms with E-state index in [-0.39, 0.29) is 12.4 Å². The summed E-state index contributed by atoms with van der Waals surface area (Å²) in [5.74, 6) is 1.12. The Balaban J connectivity index is 0.00000144. The van der Waals surface area contributed by atoms with Gasteiger partial charge < -0.3 is 5.32 Å². The van der Waals surface area contributed by atoms with Crippen molar-refractivity contribution in [3.8, 4) is 0 Å². The van der Waals surface area contributed by atoms with Crippen LogP contribution in [0, 0.1) is 0 Å². The molecule has 3 nitrogen and oxygen atoms in total. The zero-order valence-electron chi connectivity index (χ0n) is 8.45. The quantitative estimate of drug-likeness (QED) is 0.816. The maximum atomic E-state index is 4.22. The smallest absolute Gasteiger partial charge is 0.124 e. The van der Waals surface area contributed by atoms with Gasteiger partial charge in [-0.3, -0.25) is 0 Å². The predicted octanol–water partition coefficient (Wildman–Crippen LogP) is 2.71. The largest absolute Gasteiger partial charge is 0.370 e. The van der Waals surface area contributed by atoms with Crippen molar-refractivity contribution in [3.05, 3.63) is 12.3 Å². The van der Waals surface area contributed by atoms with Gasteiger partial charge >= 0.3 is 0 Å². The summed E-state index contributed by atoms with van der Waals surface area (Å²) in [7, 11) is 0. The van der Waals surface area contributed by atoms with Crippen LogP contribution in [0.15, 0.2) is 12.3 Å². The average Bonchev–Trinajstić information content (AvgIpc) is 2.48. The Morgan fingerprint density at radius 2 is 2.23 bits per heavy atom. The number of hydrogen-bond donors (Lipinski definition) is 1. The summed E-state index contributed by atoms with van der Waals surface area (Å²) in [6.45, 7) is 7.43. The van der Waals surface area contributed by atoms with Crippen molar-refractivity contribution in [1.29, 1.82) is 0 Å². The van der Waals surface area contributed by atoms with Crippen molar-refractivity contribution < 1.29 is 0 Å². The molecular weight excluding hydrogens is 186 g/mol. The monoisotopic (exact) mass is 203 g/mol. The molecule has 1 aromatic rings. The van der Waals surface area contributed by atoms with Gasteiger partial charge in [-0.15, -0.1) is 12.4 Å². The molecule has 1 rings (SSSR count). The molecule has 0 aromatic carbocycles. The highest BCUT2D eigenvalue weighted by atomic mass is 35.5. The second-order valence-electron chi connectivity index (χ2n) is 3.18. The van der Waals surface area contributed by atoms with Crippen molar-refractivity contribution in [2.75, 3.05) is 11.9 Å². The van der Waals surface area contributed by atoms with Crippen LogP contribution in [0.2, 0.25) is 0 Å². The molecule has 0 spiro atoms. The Bertz CT molecular complexity index is 233. The van der Waals surface area contributed by atoms with Crippen LogP contribution in [-0.2, 0) is 0 Å². The third-order valence-corrected chi connectivity index (χ3v) is 1.72. The van der Waals surface area contributed by atoms with Crippen LogP contribution < -0.4 is 5.32 Å². The molecule has 1 N–H and O–H groups in total. The Morgan fingerprint density at radius 3 is 2.77 bits per heavy atom. The molecule has 13 heavy (non-hydrogen) atoms. The highest BCUT2D eigenvalue weighted by molar-refractivity contribution is 5.85. The van der Waals surface area contributed by atoms with E-state index in [2.05, 4.69) is 31.2 Å². The van der Waals surface area contributed by atoms with Gasteiger partial charge in [-0.05, 0) is 20.3 Å². The first kappa shape index (κ1) is 12.3. The fourth-order valence-corrected chi connectivity index (χ4v) is 1.12. The fraction of sp³-hybridized carbons (Fsp3) is 0.667. The van der Waals surface area contributed by atoms with E-state index in [1.807, 2.05) is 16.9 Å². The van der Waals surface area contributed by atoms with E-state index in [0.717, 1.165) is 18.8 Å².